The van der Waals surface area contributed by atoms with E-state index in [1.165, 1.54) is 7.11 Å². The highest BCUT2D eigenvalue weighted by Crippen LogP contribution is 2.22. The molecule has 0 saturated heterocycles. The molecule has 1 rings (SSSR count). The Labute approximate surface area is 71.1 Å². The van der Waals surface area contributed by atoms with E-state index in [-0.39, 0.29) is 0 Å². The highest BCUT2D eigenvalue weighted by atomic mass is 19.1. The van der Waals surface area contributed by atoms with Gasteiger partial charge in [0, 0.05) is 12.1 Å². The van der Waals surface area contributed by atoms with Crippen molar-refractivity contribution in [2.45, 2.75) is 13.2 Å². The third kappa shape index (κ3) is 1.56. The lowest BCUT2D eigenvalue weighted by Crippen LogP contribution is -2.02. The summed E-state index contributed by atoms with van der Waals surface area (Å²) < 4.78 is 17.5. The van der Waals surface area contributed by atoms with Crippen LogP contribution < -0.4 is 10.5 Å². The molecule has 0 fully saturated rings. The molecule has 0 atom stereocenters. The Morgan fingerprint density at radius 2 is 2.25 bits per heavy atom. The van der Waals surface area contributed by atoms with Gasteiger partial charge in [-0.3, -0.25) is 0 Å². The molecule has 0 heterocycles. The number of ether oxygens (including phenoxy) is 1. The Morgan fingerprint density at radius 1 is 1.50 bits per heavy atom. The van der Waals surface area contributed by atoms with Gasteiger partial charge in [0.05, 0.1) is 7.11 Å². The molecule has 0 saturated carbocycles. The fourth-order valence-electron chi connectivity index (χ4n) is 1.15. The zero-order chi connectivity index (χ0) is 8.97. The maximum Gasteiger partial charge on any atom is 0.125 e. The first kappa shape index (κ1) is 9.00. The molecule has 66 valence electrons. The molecule has 0 spiro atoms. The lowest BCUT2D eigenvalue weighted by molar-refractivity contribution is 0.392. The second kappa shape index (κ2) is 4.07. The van der Waals surface area contributed by atoms with Crippen LogP contribution >= 0.6 is 0 Å². The molecule has 1 aromatic rings. The van der Waals surface area contributed by atoms with Crippen LogP contribution in [0.3, 0.4) is 0 Å². The SMILES string of the molecule is COc1cccc(CN)c1CF. The number of halogens is 1. The summed E-state index contributed by atoms with van der Waals surface area (Å²) in [6.07, 6.45) is 0. The van der Waals surface area contributed by atoms with Gasteiger partial charge >= 0.3 is 0 Å². The first-order valence-electron chi connectivity index (χ1n) is 3.74. The largest absolute Gasteiger partial charge is 0.496 e. The number of benzene rings is 1. The van der Waals surface area contributed by atoms with E-state index in [0.29, 0.717) is 17.9 Å². The third-order valence-electron chi connectivity index (χ3n) is 1.80. The topological polar surface area (TPSA) is 35.2 Å². The van der Waals surface area contributed by atoms with Crippen molar-refractivity contribution in [3.05, 3.63) is 29.3 Å². The van der Waals surface area contributed by atoms with Crippen LogP contribution in [-0.2, 0) is 13.2 Å². The van der Waals surface area contributed by atoms with Crippen molar-refractivity contribution in [2.24, 2.45) is 5.73 Å². The van der Waals surface area contributed by atoms with Crippen molar-refractivity contribution < 1.29 is 9.13 Å². The Morgan fingerprint density at radius 3 is 2.75 bits per heavy atom. The monoisotopic (exact) mass is 169 g/mol. The van der Waals surface area contributed by atoms with E-state index in [9.17, 15) is 4.39 Å². The number of methoxy groups -OCH3 is 1. The average Bonchev–Trinajstić information content (AvgIpc) is 2.16. The van der Waals surface area contributed by atoms with Gasteiger partial charge in [0.2, 0.25) is 0 Å². The van der Waals surface area contributed by atoms with E-state index in [1.807, 2.05) is 0 Å². The zero-order valence-electron chi connectivity index (χ0n) is 7.01. The van der Waals surface area contributed by atoms with E-state index in [1.54, 1.807) is 18.2 Å². The van der Waals surface area contributed by atoms with Crippen LogP contribution in [0, 0.1) is 0 Å². The van der Waals surface area contributed by atoms with Gasteiger partial charge in [-0.25, -0.2) is 4.39 Å². The number of alkyl halides is 1. The molecule has 12 heavy (non-hydrogen) atoms. The number of hydrogen-bond acceptors (Lipinski definition) is 2. The lowest BCUT2D eigenvalue weighted by Gasteiger charge is -2.08. The van der Waals surface area contributed by atoms with Gasteiger partial charge in [-0.15, -0.1) is 0 Å². The quantitative estimate of drug-likeness (QED) is 0.746. The van der Waals surface area contributed by atoms with Crippen molar-refractivity contribution in [1.82, 2.24) is 0 Å². The van der Waals surface area contributed by atoms with Gasteiger partial charge in [-0.2, -0.15) is 0 Å². The summed E-state index contributed by atoms with van der Waals surface area (Å²) in [5, 5.41) is 0. The maximum absolute atomic E-state index is 12.5. The predicted octanol–water partition coefficient (Wildman–Crippen LogP) is 1.62. The Balaban J connectivity index is 3.13. The molecular weight excluding hydrogens is 157 g/mol. The van der Waals surface area contributed by atoms with E-state index in [2.05, 4.69) is 0 Å². The molecule has 0 aliphatic carbocycles. The molecule has 0 amide bonds. The molecule has 0 aliphatic heterocycles. The molecule has 0 radical (unpaired) electrons. The van der Waals surface area contributed by atoms with Crippen molar-refractivity contribution in [2.75, 3.05) is 7.11 Å². The maximum atomic E-state index is 12.5. The molecule has 2 N–H and O–H groups in total. The summed E-state index contributed by atoms with van der Waals surface area (Å²) in [7, 11) is 1.52. The Kier molecular flexibility index (Phi) is 3.05. The number of hydrogen-bond donors (Lipinski definition) is 1. The van der Waals surface area contributed by atoms with Gasteiger partial charge in [0.25, 0.3) is 0 Å². The Bertz CT molecular complexity index is 240. The van der Waals surface area contributed by atoms with Crippen molar-refractivity contribution in [3.63, 3.8) is 0 Å². The molecule has 2 nitrogen and oxygen atoms in total. The van der Waals surface area contributed by atoms with Gasteiger partial charge in [-0.1, -0.05) is 12.1 Å². The zero-order valence-corrected chi connectivity index (χ0v) is 7.01. The molecule has 1 aromatic carbocycles. The summed E-state index contributed by atoms with van der Waals surface area (Å²) in [4.78, 5) is 0. The highest BCUT2D eigenvalue weighted by molar-refractivity contribution is 5.39. The first-order valence-corrected chi connectivity index (χ1v) is 3.74. The minimum atomic E-state index is -0.531. The van der Waals surface area contributed by atoms with E-state index in [0.717, 1.165) is 5.56 Å². The molecule has 0 bridgehead atoms. The fourth-order valence-corrected chi connectivity index (χ4v) is 1.15. The van der Waals surface area contributed by atoms with Gasteiger partial charge in [0.1, 0.15) is 12.4 Å². The van der Waals surface area contributed by atoms with E-state index < -0.39 is 6.67 Å². The Hall–Kier alpha value is -1.09. The summed E-state index contributed by atoms with van der Waals surface area (Å²) in [6, 6.07) is 5.34. The van der Waals surface area contributed by atoms with Crippen LogP contribution in [0.15, 0.2) is 18.2 Å². The molecule has 3 heteroatoms. The summed E-state index contributed by atoms with van der Waals surface area (Å²) in [6.45, 7) is -0.188. The highest BCUT2D eigenvalue weighted by Gasteiger charge is 2.06. The van der Waals surface area contributed by atoms with Crippen LogP contribution in [0.4, 0.5) is 4.39 Å². The normalized spacial score (nSPS) is 9.92. The fraction of sp³-hybridized carbons (Fsp3) is 0.333. The van der Waals surface area contributed by atoms with Crippen molar-refractivity contribution >= 4 is 0 Å². The molecule has 0 aromatic heterocycles. The van der Waals surface area contributed by atoms with E-state index >= 15 is 0 Å². The van der Waals surface area contributed by atoms with Gasteiger partial charge in [0.15, 0.2) is 0 Å². The molecular formula is C9H12FNO. The van der Waals surface area contributed by atoms with Crippen LogP contribution in [0.5, 0.6) is 5.75 Å². The van der Waals surface area contributed by atoms with Gasteiger partial charge < -0.3 is 10.5 Å². The summed E-state index contributed by atoms with van der Waals surface area (Å²) in [5.74, 6) is 0.570. The van der Waals surface area contributed by atoms with Crippen molar-refractivity contribution in [1.29, 1.82) is 0 Å². The minimum Gasteiger partial charge on any atom is -0.496 e. The van der Waals surface area contributed by atoms with Crippen LogP contribution in [0.1, 0.15) is 11.1 Å². The molecule has 0 unspecified atom stereocenters. The predicted molar refractivity (Wildman–Crippen MR) is 45.7 cm³/mol. The van der Waals surface area contributed by atoms with Crippen LogP contribution in [0.2, 0.25) is 0 Å². The minimum absolute atomic E-state index is 0.344. The summed E-state index contributed by atoms with van der Waals surface area (Å²) >= 11 is 0. The third-order valence-corrected chi connectivity index (χ3v) is 1.80. The average molecular weight is 169 g/mol. The standard InChI is InChI=1S/C9H12FNO/c1-12-9-4-2-3-7(6-11)8(9)5-10/h2-4H,5-6,11H2,1H3. The first-order chi connectivity index (χ1) is 5.83. The van der Waals surface area contributed by atoms with Crippen LogP contribution in [0.25, 0.3) is 0 Å². The van der Waals surface area contributed by atoms with E-state index in [4.69, 9.17) is 10.5 Å². The van der Waals surface area contributed by atoms with Crippen molar-refractivity contribution in [3.8, 4) is 5.75 Å². The molecule has 0 aliphatic rings. The summed E-state index contributed by atoms with van der Waals surface area (Å²) in [5.41, 5.74) is 6.79. The number of rotatable bonds is 3. The van der Waals surface area contributed by atoms with Gasteiger partial charge in [-0.05, 0) is 11.6 Å². The smallest absolute Gasteiger partial charge is 0.125 e. The second-order valence-corrected chi connectivity index (χ2v) is 2.44. The van der Waals surface area contributed by atoms with Crippen LogP contribution in [-0.4, -0.2) is 7.11 Å². The number of nitrogens with two attached hydrogens (primary N) is 1. The second-order valence-electron chi connectivity index (χ2n) is 2.44. The lowest BCUT2D eigenvalue weighted by atomic mass is 10.1.